The van der Waals surface area contributed by atoms with Crippen LogP contribution in [0.1, 0.15) is 31.8 Å². The summed E-state index contributed by atoms with van der Waals surface area (Å²) in [7, 11) is 0. The van der Waals surface area contributed by atoms with E-state index in [0.29, 0.717) is 5.69 Å². The average molecular weight is 587 g/mol. The van der Waals surface area contributed by atoms with Crippen LogP contribution in [0.5, 0.6) is 0 Å². The molecule has 8 nitrogen and oxygen atoms in total. The molecule has 0 saturated carbocycles. The van der Waals surface area contributed by atoms with Gasteiger partial charge in [0, 0.05) is 9.26 Å². The number of nitrogens with one attached hydrogen (secondary N) is 1. The first-order valence-electron chi connectivity index (χ1n) is 10.5. The fourth-order valence-corrected chi connectivity index (χ4v) is 3.35. The largest absolute Gasteiger partial charge is 0.478 e. The molecule has 1 amide bonds. The summed E-state index contributed by atoms with van der Waals surface area (Å²) in [6.07, 6.45) is -4.06. The van der Waals surface area contributed by atoms with Crippen molar-refractivity contribution >= 4 is 52.1 Å². The van der Waals surface area contributed by atoms with Gasteiger partial charge in [0.2, 0.25) is 12.2 Å². The fourth-order valence-electron chi connectivity index (χ4n) is 2.99. The van der Waals surface area contributed by atoms with Crippen molar-refractivity contribution in [2.24, 2.45) is 0 Å². The van der Waals surface area contributed by atoms with Crippen molar-refractivity contribution in [1.82, 2.24) is 0 Å². The zero-order chi connectivity index (χ0) is 25.5. The first-order chi connectivity index (χ1) is 16.6. The smallest absolute Gasteiger partial charge is 0.349 e. The van der Waals surface area contributed by atoms with Crippen LogP contribution in [0.25, 0.3) is 0 Å². The highest BCUT2D eigenvalue weighted by atomic mass is 127. The van der Waals surface area contributed by atoms with Crippen LogP contribution in [0.3, 0.4) is 0 Å². The van der Waals surface area contributed by atoms with Crippen LogP contribution >= 0.6 is 22.6 Å². The summed E-state index contributed by atoms with van der Waals surface area (Å²) in [4.78, 5) is 50.5. The molecule has 3 aromatic rings. The lowest BCUT2D eigenvalue weighted by atomic mass is 10.1. The second-order valence-electron chi connectivity index (χ2n) is 7.72. The Bertz CT molecular complexity index is 1220. The number of carbonyl (C=O) groups excluding carboxylic acids is 3. The maximum Gasteiger partial charge on any atom is 0.349 e. The van der Waals surface area contributed by atoms with E-state index in [2.05, 4.69) is 27.9 Å². The quantitative estimate of drug-likeness (QED) is 0.297. The summed E-state index contributed by atoms with van der Waals surface area (Å²) in [6, 6.07) is 19.2. The van der Waals surface area contributed by atoms with E-state index in [1.54, 1.807) is 48.5 Å². The highest BCUT2D eigenvalue weighted by Crippen LogP contribution is 2.17. The highest BCUT2D eigenvalue weighted by Gasteiger charge is 2.41. The molecule has 3 aromatic carbocycles. The topological polar surface area (TPSA) is 119 Å². The van der Waals surface area contributed by atoms with Crippen molar-refractivity contribution in [1.29, 1.82) is 0 Å². The number of hydrogen-bond acceptors (Lipinski definition) is 6. The van der Waals surface area contributed by atoms with E-state index in [1.807, 2.05) is 13.8 Å². The van der Waals surface area contributed by atoms with Crippen molar-refractivity contribution in [2.45, 2.75) is 26.1 Å². The molecule has 0 spiro atoms. The summed E-state index contributed by atoms with van der Waals surface area (Å²) in [5.41, 5.74) is 2.32. The monoisotopic (exact) mass is 587 g/mol. The number of carboxylic acid groups (broad SMARTS) is 1. The Kier molecular flexibility index (Phi) is 8.58. The number of aryl methyl sites for hydroxylation is 2. The minimum absolute atomic E-state index is 0.0866. The summed E-state index contributed by atoms with van der Waals surface area (Å²) in [5, 5.41) is 12.3. The molecule has 0 saturated heterocycles. The van der Waals surface area contributed by atoms with Crippen molar-refractivity contribution < 1.29 is 33.8 Å². The molecule has 35 heavy (non-hydrogen) atoms. The van der Waals surface area contributed by atoms with Gasteiger partial charge < -0.3 is 19.9 Å². The van der Waals surface area contributed by atoms with E-state index < -0.39 is 36.0 Å². The van der Waals surface area contributed by atoms with Crippen LogP contribution in [0.2, 0.25) is 0 Å². The highest BCUT2D eigenvalue weighted by molar-refractivity contribution is 14.1. The molecule has 0 fully saturated rings. The van der Waals surface area contributed by atoms with Gasteiger partial charge in [-0.1, -0.05) is 35.4 Å². The minimum atomic E-state index is -2.10. The van der Waals surface area contributed by atoms with E-state index in [1.165, 1.54) is 24.3 Å². The average Bonchev–Trinajstić information content (AvgIpc) is 2.83. The third-order valence-electron chi connectivity index (χ3n) is 4.93. The van der Waals surface area contributed by atoms with Crippen molar-refractivity contribution in [3.05, 3.63) is 98.6 Å². The van der Waals surface area contributed by atoms with E-state index in [9.17, 15) is 24.3 Å². The molecule has 180 valence electrons. The van der Waals surface area contributed by atoms with E-state index >= 15 is 0 Å². The van der Waals surface area contributed by atoms with Crippen LogP contribution in [-0.4, -0.2) is 41.1 Å². The predicted molar refractivity (Wildman–Crippen MR) is 136 cm³/mol. The Morgan fingerprint density at radius 3 is 1.57 bits per heavy atom. The zero-order valence-corrected chi connectivity index (χ0v) is 21.0. The standard InChI is InChI=1S/C26H22INO7/c1-15-3-7-17(8-4-15)25(32)34-21(23(29)28-20-13-11-19(27)12-14-20)22(24(30)31)35-26(33)18-9-5-16(2)6-10-18/h3-14,21-22H,1-2H3,(H,28,29)(H,30,31)/t21-,22+/m1/s1. The number of aliphatic carboxylic acids is 1. The predicted octanol–water partition coefficient (Wildman–Crippen LogP) is 4.38. The number of ether oxygens (including phenoxy) is 2. The van der Waals surface area contributed by atoms with Gasteiger partial charge in [-0.25, -0.2) is 14.4 Å². The second kappa shape index (κ2) is 11.6. The molecule has 0 aliphatic rings. The number of halogens is 1. The van der Waals surface area contributed by atoms with Crippen LogP contribution in [0.15, 0.2) is 72.8 Å². The normalized spacial score (nSPS) is 12.2. The third kappa shape index (κ3) is 7.12. The van der Waals surface area contributed by atoms with Crippen LogP contribution in [0.4, 0.5) is 5.69 Å². The van der Waals surface area contributed by atoms with Gasteiger partial charge >= 0.3 is 17.9 Å². The fraction of sp³-hybridized carbons (Fsp3) is 0.154. The Morgan fingerprint density at radius 1 is 0.714 bits per heavy atom. The molecule has 0 aliphatic carbocycles. The van der Waals surface area contributed by atoms with Gasteiger partial charge in [-0.15, -0.1) is 0 Å². The number of anilines is 1. The molecule has 0 aromatic heterocycles. The summed E-state index contributed by atoms with van der Waals surface area (Å²) < 4.78 is 11.4. The Labute approximate surface area is 215 Å². The Hall–Kier alpha value is -3.73. The molecule has 0 unspecified atom stereocenters. The number of carbonyl (C=O) groups is 4. The molecule has 3 rings (SSSR count). The minimum Gasteiger partial charge on any atom is -0.478 e. The summed E-state index contributed by atoms with van der Waals surface area (Å²) in [5.74, 6) is -4.53. The van der Waals surface area contributed by atoms with Crippen molar-refractivity contribution in [3.8, 4) is 0 Å². The van der Waals surface area contributed by atoms with Gasteiger partial charge in [-0.2, -0.15) is 0 Å². The van der Waals surface area contributed by atoms with Gasteiger partial charge in [0.25, 0.3) is 5.91 Å². The lowest BCUT2D eigenvalue weighted by Gasteiger charge is -2.23. The molecule has 9 heteroatoms. The first-order valence-corrected chi connectivity index (χ1v) is 11.6. The number of hydrogen-bond donors (Lipinski definition) is 2. The van der Waals surface area contributed by atoms with E-state index in [0.717, 1.165) is 14.7 Å². The molecular formula is C26H22INO7. The van der Waals surface area contributed by atoms with Gasteiger partial charge in [-0.05, 0) is 85.0 Å². The molecule has 2 atom stereocenters. The molecule has 0 aliphatic heterocycles. The van der Waals surface area contributed by atoms with Gasteiger partial charge in [-0.3, -0.25) is 4.79 Å². The molecule has 0 bridgehead atoms. The lowest BCUT2D eigenvalue weighted by Crippen LogP contribution is -2.48. The van der Waals surface area contributed by atoms with E-state index in [4.69, 9.17) is 9.47 Å². The Balaban J connectivity index is 1.90. The van der Waals surface area contributed by atoms with Crippen LogP contribution in [0, 0.1) is 17.4 Å². The summed E-state index contributed by atoms with van der Waals surface area (Å²) in [6.45, 7) is 3.65. The Morgan fingerprint density at radius 2 is 1.14 bits per heavy atom. The van der Waals surface area contributed by atoms with Crippen molar-refractivity contribution in [3.63, 3.8) is 0 Å². The SMILES string of the molecule is Cc1ccc(C(=O)O[C@H](C(=O)O)[C@@H](OC(=O)c2ccc(C)cc2)C(=O)Nc2ccc(I)cc2)cc1. The molecular weight excluding hydrogens is 565 g/mol. The number of carboxylic acids is 1. The van der Waals surface area contributed by atoms with E-state index in [-0.39, 0.29) is 11.1 Å². The second-order valence-corrected chi connectivity index (χ2v) is 8.96. The zero-order valence-electron chi connectivity index (χ0n) is 18.9. The van der Waals surface area contributed by atoms with Crippen LogP contribution < -0.4 is 5.32 Å². The molecule has 2 N–H and O–H groups in total. The van der Waals surface area contributed by atoms with Gasteiger partial charge in [0.05, 0.1) is 11.1 Å². The molecule has 0 radical (unpaired) electrons. The first kappa shape index (κ1) is 25.9. The number of benzene rings is 3. The maximum absolute atomic E-state index is 13.1. The summed E-state index contributed by atoms with van der Waals surface area (Å²) >= 11 is 2.09. The number of esters is 2. The molecule has 0 heterocycles. The number of amides is 1. The third-order valence-corrected chi connectivity index (χ3v) is 5.65. The maximum atomic E-state index is 13.1. The van der Waals surface area contributed by atoms with Crippen molar-refractivity contribution in [2.75, 3.05) is 5.32 Å². The van der Waals surface area contributed by atoms with Crippen LogP contribution in [-0.2, 0) is 19.1 Å². The van der Waals surface area contributed by atoms with Gasteiger partial charge in [0.1, 0.15) is 0 Å². The number of rotatable bonds is 8. The van der Waals surface area contributed by atoms with Gasteiger partial charge in [0.15, 0.2) is 0 Å². The lowest BCUT2D eigenvalue weighted by molar-refractivity contribution is -0.157.